The maximum atomic E-state index is 10.9. The van der Waals surface area contributed by atoms with Gasteiger partial charge >= 0.3 is 0 Å². The summed E-state index contributed by atoms with van der Waals surface area (Å²) in [5, 5.41) is 0. The summed E-state index contributed by atoms with van der Waals surface area (Å²) in [6.45, 7) is 6.24. The van der Waals surface area contributed by atoms with Gasteiger partial charge in [0.1, 0.15) is 12.1 Å². The van der Waals surface area contributed by atoms with Crippen LogP contribution in [0.25, 0.3) is 33.8 Å². The molecule has 0 aliphatic rings. The minimum absolute atomic E-state index is 0.284. The Hall–Kier alpha value is -3.53. The number of pyridine rings is 1. The highest BCUT2D eigenvalue weighted by molar-refractivity contribution is 5.81. The first-order valence-corrected chi connectivity index (χ1v) is 9.75. The number of aromatic amines is 1. The molecule has 1 N–H and O–H groups in total. The zero-order chi connectivity index (χ0) is 20.4. The minimum Gasteiger partial charge on any atom is -0.340 e. The van der Waals surface area contributed by atoms with Crippen molar-refractivity contribution in [2.24, 2.45) is 0 Å². The van der Waals surface area contributed by atoms with Gasteiger partial charge in [0.2, 0.25) is 0 Å². The number of aromatic nitrogens is 3. The van der Waals surface area contributed by atoms with Gasteiger partial charge in [-0.2, -0.15) is 0 Å². The third-order valence-electron chi connectivity index (χ3n) is 4.93. The Morgan fingerprint density at radius 3 is 2.28 bits per heavy atom. The van der Waals surface area contributed by atoms with E-state index in [1.807, 2.05) is 55.5 Å². The summed E-state index contributed by atoms with van der Waals surface area (Å²) in [6.07, 6.45) is 0.860. The number of benzene rings is 2. The van der Waals surface area contributed by atoms with E-state index in [-0.39, 0.29) is 5.92 Å². The minimum atomic E-state index is 0.284. The maximum Gasteiger partial charge on any atom is 0.150 e. The van der Waals surface area contributed by atoms with Crippen LogP contribution in [0, 0.1) is 6.92 Å². The van der Waals surface area contributed by atoms with E-state index in [0.29, 0.717) is 5.56 Å². The van der Waals surface area contributed by atoms with Crippen LogP contribution in [0.4, 0.5) is 0 Å². The average Bonchev–Trinajstić information content (AvgIpc) is 3.20. The molecule has 0 aliphatic carbocycles. The van der Waals surface area contributed by atoms with E-state index >= 15 is 0 Å². The van der Waals surface area contributed by atoms with Crippen molar-refractivity contribution in [3.8, 4) is 33.8 Å². The number of imidazole rings is 1. The Morgan fingerprint density at radius 1 is 0.862 bits per heavy atom. The van der Waals surface area contributed by atoms with Gasteiger partial charge in [0.25, 0.3) is 0 Å². The van der Waals surface area contributed by atoms with Gasteiger partial charge in [-0.25, -0.2) is 4.98 Å². The highest BCUT2D eigenvalue weighted by Gasteiger charge is 2.17. The summed E-state index contributed by atoms with van der Waals surface area (Å²) < 4.78 is 0. The Balaban J connectivity index is 1.83. The van der Waals surface area contributed by atoms with Gasteiger partial charge in [0, 0.05) is 22.7 Å². The Bertz CT molecular complexity index is 1160. The van der Waals surface area contributed by atoms with Crippen LogP contribution in [0.5, 0.6) is 0 Å². The first-order valence-electron chi connectivity index (χ1n) is 9.75. The molecule has 0 radical (unpaired) electrons. The predicted molar refractivity (Wildman–Crippen MR) is 117 cm³/mol. The number of rotatable bonds is 5. The molecule has 0 fully saturated rings. The molecule has 0 amide bonds. The molecule has 0 aliphatic heterocycles. The third kappa shape index (κ3) is 3.87. The van der Waals surface area contributed by atoms with E-state index in [2.05, 4.69) is 37.0 Å². The lowest BCUT2D eigenvalue weighted by molar-refractivity contribution is 0.112. The van der Waals surface area contributed by atoms with Crippen molar-refractivity contribution in [2.75, 3.05) is 0 Å². The van der Waals surface area contributed by atoms with Crippen LogP contribution in [0.15, 0.2) is 66.7 Å². The molecule has 0 spiro atoms. The monoisotopic (exact) mass is 381 g/mol. The van der Waals surface area contributed by atoms with Crippen LogP contribution in [0.1, 0.15) is 41.6 Å². The number of nitrogens with one attached hydrogen (secondary N) is 1. The number of aldehydes is 1. The molecule has 2 aromatic carbocycles. The van der Waals surface area contributed by atoms with Crippen molar-refractivity contribution in [3.05, 3.63) is 83.8 Å². The fourth-order valence-corrected chi connectivity index (χ4v) is 3.34. The van der Waals surface area contributed by atoms with Crippen molar-refractivity contribution in [1.29, 1.82) is 0 Å². The quantitative estimate of drug-likeness (QED) is 0.428. The van der Waals surface area contributed by atoms with Crippen molar-refractivity contribution < 1.29 is 4.79 Å². The zero-order valence-corrected chi connectivity index (χ0v) is 16.8. The lowest BCUT2D eigenvalue weighted by Crippen LogP contribution is -1.90. The van der Waals surface area contributed by atoms with Crippen LogP contribution in [-0.2, 0) is 0 Å². The van der Waals surface area contributed by atoms with Crippen molar-refractivity contribution in [1.82, 2.24) is 15.0 Å². The van der Waals surface area contributed by atoms with E-state index in [9.17, 15) is 4.79 Å². The molecule has 4 rings (SSSR count). The Morgan fingerprint density at radius 2 is 1.59 bits per heavy atom. The second-order valence-corrected chi connectivity index (χ2v) is 7.49. The number of carbonyl (C=O) groups is 1. The van der Waals surface area contributed by atoms with Gasteiger partial charge in [-0.3, -0.25) is 9.78 Å². The molecule has 2 heterocycles. The number of aryl methyl sites for hydroxylation is 1. The van der Waals surface area contributed by atoms with Crippen LogP contribution >= 0.6 is 0 Å². The van der Waals surface area contributed by atoms with E-state index in [0.717, 1.165) is 51.6 Å². The highest BCUT2D eigenvalue weighted by Crippen LogP contribution is 2.33. The number of carbonyl (C=O) groups excluding carboxylic acids is 1. The zero-order valence-electron chi connectivity index (χ0n) is 16.8. The molecule has 29 heavy (non-hydrogen) atoms. The number of nitrogens with zero attached hydrogens (tertiary/aromatic N) is 2. The van der Waals surface area contributed by atoms with E-state index < -0.39 is 0 Å². The average molecular weight is 381 g/mol. The summed E-state index contributed by atoms with van der Waals surface area (Å²) in [7, 11) is 0. The van der Waals surface area contributed by atoms with E-state index in [4.69, 9.17) is 9.97 Å². The van der Waals surface area contributed by atoms with Gasteiger partial charge < -0.3 is 4.98 Å². The fourth-order valence-electron chi connectivity index (χ4n) is 3.34. The van der Waals surface area contributed by atoms with Gasteiger partial charge in [-0.15, -0.1) is 0 Å². The smallest absolute Gasteiger partial charge is 0.150 e. The summed E-state index contributed by atoms with van der Waals surface area (Å²) in [4.78, 5) is 24.0. The molecule has 0 atom stereocenters. The number of hydrogen-bond acceptors (Lipinski definition) is 3. The summed E-state index contributed by atoms with van der Waals surface area (Å²) in [5.74, 6) is 1.23. The molecular formula is C25H23N3O. The topological polar surface area (TPSA) is 58.6 Å². The molecule has 0 saturated carbocycles. The largest absolute Gasteiger partial charge is 0.340 e. The first-order chi connectivity index (χ1) is 14.0. The molecule has 0 saturated heterocycles. The summed E-state index contributed by atoms with van der Waals surface area (Å²) in [5.41, 5.74) is 7.54. The van der Waals surface area contributed by atoms with Gasteiger partial charge in [-0.05, 0) is 36.2 Å². The van der Waals surface area contributed by atoms with Crippen molar-refractivity contribution >= 4 is 6.29 Å². The fraction of sp³-hybridized carbons (Fsp3) is 0.160. The van der Waals surface area contributed by atoms with Gasteiger partial charge in [0.15, 0.2) is 0 Å². The Labute approximate surface area is 170 Å². The molecule has 4 heteroatoms. The second-order valence-electron chi connectivity index (χ2n) is 7.49. The maximum absolute atomic E-state index is 10.9. The molecule has 2 aromatic heterocycles. The van der Waals surface area contributed by atoms with Crippen LogP contribution in [-0.4, -0.2) is 21.2 Å². The molecular weight excluding hydrogens is 358 g/mol. The molecule has 0 bridgehead atoms. The van der Waals surface area contributed by atoms with Crippen LogP contribution in [0.2, 0.25) is 0 Å². The predicted octanol–water partition coefficient (Wildman–Crippen LogP) is 6.05. The molecule has 144 valence electrons. The van der Waals surface area contributed by atoms with Gasteiger partial charge in [-0.1, -0.05) is 62.4 Å². The Kier molecular flexibility index (Phi) is 5.09. The lowest BCUT2D eigenvalue weighted by Gasteiger charge is -2.07. The van der Waals surface area contributed by atoms with Crippen LogP contribution in [0.3, 0.4) is 0 Å². The molecule has 0 unspecified atom stereocenters. The number of hydrogen-bond donors (Lipinski definition) is 1. The standard InChI is InChI=1S/C25H23N3O/c1-16(2)25-27-23(24(28-25)22-9-4-6-17(3)26-22)21-8-5-7-20(14-21)19-12-10-18(15-29)11-13-19/h4-16H,1-3H3,(H,27,28). The van der Waals surface area contributed by atoms with E-state index in [1.165, 1.54) is 0 Å². The first kappa shape index (κ1) is 18.8. The third-order valence-corrected chi connectivity index (χ3v) is 4.93. The second kappa shape index (κ2) is 7.84. The highest BCUT2D eigenvalue weighted by atomic mass is 16.1. The summed E-state index contributed by atoms with van der Waals surface area (Å²) >= 11 is 0. The van der Waals surface area contributed by atoms with Crippen molar-refractivity contribution in [2.45, 2.75) is 26.7 Å². The SMILES string of the molecule is Cc1cccc(-c2[nH]c(C(C)C)nc2-c2cccc(-c3ccc(C=O)cc3)c2)n1. The van der Waals surface area contributed by atoms with Crippen molar-refractivity contribution in [3.63, 3.8) is 0 Å². The molecule has 4 nitrogen and oxygen atoms in total. The van der Waals surface area contributed by atoms with Gasteiger partial charge in [0.05, 0.1) is 17.1 Å². The van der Waals surface area contributed by atoms with Crippen LogP contribution < -0.4 is 0 Å². The normalized spacial score (nSPS) is 11.0. The summed E-state index contributed by atoms with van der Waals surface area (Å²) in [6, 6.07) is 21.9. The lowest BCUT2D eigenvalue weighted by atomic mass is 10.00. The molecule has 4 aromatic rings. The number of H-pyrrole nitrogens is 1. The van der Waals surface area contributed by atoms with E-state index in [1.54, 1.807) is 0 Å².